The molecule has 2 aromatic rings. The van der Waals surface area contributed by atoms with E-state index in [9.17, 15) is 0 Å². The number of hydrogen-bond donors (Lipinski definition) is 1. The summed E-state index contributed by atoms with van der Waals surface area (Å²) in [5.41, 5.74) is 7.65. The Balaban J connectivity index is 2.50. The van der Waals surface area contributed by atoms with Gasteiger partial charge < -0.3 is 5.73 Å². The minimum atomic E-state index is -0.270. The molecule has 0 saturated carbocycles. The van der Waals surface area contributed by atoms with Crippen molar-refractivity contribution in [3.8, 4) is 0 Å². The number of nitrogens with zero attached hydrogens (tertiary/aromatic N) is 1. The predicted molar refractivity (Wildman–Crippen MR) is 68.7 cm³/mol. The largest absolute Gasteiger partial charge is 0.325 e. The molecule has 1 aromatic carbocycles. The monoisotopic (exact) mass is 234 g/mol. The molecular formula is C13H15ClN2. The molecule has 0 aliphatic heterocycles. The van der Waals surface area contributed by atoms with Crippen molar-refractivity contribution >= 4 is 22.5 Å². The van der Waals surface area contributed by atoms with E-state index in [0.29, 0.717) is 5.15 Å². The molecule has 16 heavy (non-hydrogen) atoms. The highest BCUT2D eigenvalue weighted by atomic mass is 35.5. The predicted octanol–water partition coefficient (Wildman–Crippen LogP) is 3.17. The van der Waals surface area contributed by atoms with Gasteiger partial charge in [0.15, 0.2) is 0 Å². The van der Waals surface area contributed by atoms with Crippen molar-refractivity contribution in [2.24, 2.45) is 5.73 Å². The Morgan fingerprint density at radius 2 is 2.00 bits per heavy atom. The van der Waals surface area contributed by atoms with Gasteiger partial charge >= 0.3 is 0 Å². The Kier molecular flexibility index (Phi) is 2.87. The van der Waals surface area contributed by atoms with Crippen LogP contribution in [0.2, 0.25) is 5.15 Å². The third-order valence-electron chi connectivity index (χ3n) is 2.40. The third kappa shape index (κ3) is 2.52. The van der Waals surface area contributed by atoms with E-state index in [1.54, 1.807) is 0 Å². The summed E-state index contributed by atoms with van der Waals surface area (Å²) in [6.07, 6.45) is 0.726. The maximum Gasteiger partial charge on any atom is 0.133 e. The normalized spacial score (nSPS) is 12.0. The number of rotatable bonds is 2. The second-order valence-corrected chi connectivity index (χ2v) is 5.15. The fourth-order valence-corrected chi connectivity index (χ4v) is 1.96. The molecule has 2 N–H and O–H groups in total. The fraction of sp³-hybridized carbons (Fsp3) is 0.308. The summed E-state index contributed by atoms with van der Waals surface area (Å²) in [4.78, 5) is 4.37. The van der Waals surface area contributed by atoms with Crippen LogP contribution in [-0.2, 0) is 6.42 Å². The number of nitrogens with two attached hydrogens (primary N) is 1. The molecule has 0 fully saturated rings. The van der Waals surface area contributed by atoms with Gasteiger partial charge in [-0.1, -0.05) is 29.8 Å². The van der Waals surface area contributed by atoms with Crippen LogP contribution in [-0.4, -0.2) is 10.5 Å². The zero-order chi connectivity index (χ0) is 11.8. The van der Waals surface area contributed by atoms with Gasteiger partial charge in [-0.2, -0.15) is 0 Å². The van der Waals surface area contributed by atoms with Crippen molar-refractivity contribution in [2.45, 2.75) is 25.8 Å². The number of halogens is 1. The summed E-state index contributed by atoms with van der Waals surface area (Å²) >= 11 is 6.14. The maximum absolute atomic E-state index is 6.14. The van der Waals surface area contributed by atoms with Gasteiger partial charge in [-0.3, -0.25) is 0 Å². The van der Waals surface area contributed by atoms with E-state index in [0.717, 1.165) is 22.9 Å². The van der Waals surface area contributed by atoms with E-state index in [1.807, 2.05) is 38.1 Å². The maximum atomic E-state index is 6.14. The molecule has 0 radical (unpaired) electrons. The zero-order valence-electron chi connectivity index (χ0n) is 9.50. The van der Waals surface area contributed by atoms with E-state index in [4.69, 9.17) is 17.3 Å². The number of pyridine rings is 1. The first kappa shape index (κ1) is 11.4. The number of para-hydroxylation sites is 1. The van der Waals surface area contributed by atoms with Crippen LogP contribution >= 0.6 is 11.6 Å². The van der Waals surface area contributed by atoms with Crippen molar-refractivity contribution in [1.29, 1.82) is 0 Å². The van der Waals surface area contributed by atoms with Gasteiger partial charge in [0.2, 0.25) is 0 Å². The lowest BCUT2D eigenvalue weighted by Gasteiger charge is -2.19. The number of fused-ring (bicyclic) bond motifs is 1. The highest BCUT2D eigenvalue weighted by Gasteiger charge is 2.15. The molecule has 0 bridgehead atoms. The topological polar surface area (TPSA) is 38.9 Å². The number of benzene rings is 1. The number of aromatic nitrogens is 1. The van der Waals surface area contributed by atoms with Crippen LogP contribution in [0, 0.1) is 0 Å². The Morgan fingerprint density at radius 1 is 1.31 bits per heavy atom. The van der Waals surface area contributed by atoms with E-state index >= 15 is 0 Å². The SMILES string of the molecule is CC(C)(N)Cc1cc2ccccc2nc1Cl. The molecule has 0 atom stereocenters. The third-order valence-corrected chi connectivity index (χ3v) is 2.72. The quantitative estimate of drug-likeness (QED) is 0.811. The summed E-state index contributed by atoms with van der Waals surface area (Å²) in [6.45, 7) is 3.97. The first-order valence-electron chi connectivity index (χ1n) is 5.29. The Morgan fingerprint density at radius 3 is 2.69 bits per heavy atom. The van der Waals surface area contributed by atoms with Crippen LogP contribution in [0.3, 0.4) is 0 Å². The lowest BCUT2D eigenvalue weighted by atomic mass is 9.96. The standard InChI is InChI=1S/C13H15ClN2/c1-13(2,15)8-10-7-9-5-3-4-6-11(9)16-12(10)14/h3-7H,8,15H2,1-2H3. The van der Waals surface area contributed by atoms with Crippen molar-refractivity contribution in [2.75, 3.05) is 0 Å². The number of hydrogen-bond acceptors (Lipinski definition) is 2. The fourth-order valence-electron chi connectivity index (χ4n) is 1.75. The molecule has 0 aliphatic rings. The molecule has 0 saturated heterocycles. The van der Waals surface area contributed by atoms with Crippen LogP contribution in [0.1, 0.15) is 19.4 Å². The zero-order valence-corrected chi connectivity index (χ0v) is 10.3. The van der Waals surface area contributed by atoms with Gasteiger partial charge in [-0.05, 0) is 38.0 Å². The lowest BCUT2D eigenvalue weighted by Crippen LogP contribution is -2.34. The van der Waals surface area contributed by atoms with Gasteiger partial charge in [0.1, 0.15) is 5.15 Å². The molecule has 0 spiro atoms. The molecule has 0 amide bonds. The van der Waals surface area contributed by atoms with Gasteiger partial charge in [0.25, 0.3) is 0 Å². The van der Waals surface area contributed by atoms with E-state index in [1.165, 1.54) is 0 Å². The molecule has 0 aliphatic carbocycles. The molecule has 2 nitrogen and oxygen atoms in total. The summed E-state index contributed by atoms with van der Waals surface area (Å²) in [7, 11) is 0. The molecule has 1 heterocycles. The smallest absolute Gasteiger partial charge is 0.133 e. The molecule has 84 valence electrons. The van der Waals surface area contributed by atoms with Gasteiger partial charge in [-0.25, -0.2) is 4.98 Å². The Hall–Kier alpha value is -1.12. The molecule has 2 rings (SSSR count). The van der Waals surface area contributed by atoms with Crippen LogP contribution in [0.25, 0.3) is 10.9 Å². The minimum Gasteiger partial charge on any atom is -0.325 e. The highest BCUT2D eigenvalue weighted by Crippen LogP contribution is 2.23. The van der Waals surface area contributed by atoms with Crippen molar-refractivity contribution in [3.63, 3.8) is 0 Å². The Labute approximate surface area is 100 Å². The minimum absolute atomic E-state index is 0.270. The lowest BCUT2D eigenvalue weighted by molar-refractivity contribution is 0.516. The summed E-state index contributed by atoms with van der Waals surface area (Å²) in [5, 5.41) is 1.66. The van der Waals surface area contributed by atoms with Crippen molar-refractivity contribution in [1.82, 2.24) is 4.98 Å². The summed E-state index contributed by atoms with van der Waals surface area (Å²) < 4.78 is 0. The van der Waals surface area contributed by atoms with Crippen molar-refractivity contribution in [3.05, 3.63) is 41.0 Å². The average Bonchev–Trinajstić information content (AvgIpc) is 2.17. The Bertz CT molecular complexity index is 515. The second kappa shape index (κ2) is 4.04. The van der Waals surface area contributed by atoms with Crippen LogP contribution in [0.15, 0.2) is 30.3 Å². The van der Waals surface area contributed by atoms with Crippen molar-refractivity contribution < 1.29 is 0 Å². The molecule has 0 unspecified atom stereocenters. The second-order valence-electron chi connectivity index (χ2n) is 4.80. The van der Waals surface area contributed by atoms with Crippen LogP contribution in [0.4, 0.5) is 0 Å². The van der Waals surface area contributed by atoms with E-state index in [2.05, 4.69) is 11.1 Å². The molecule has 3 heteroatoms. The summed E-state index contributed by atoms with van der Waals surface area (Å²) in [6, 6.07) is 10.0. The van der Waals surface area contributed by atoms with Gasteiger partial charge in [0, 0.05) is 10.9 Å². The van der Waals surface area contributed by atoms with Crippen LogP contribution in [0.5, 0.6) is 0 Å². The van der Waals surface area contributed by atoms with E-state index in [-0.39, 0.29) is 5.54 Å². The highest BCUT2D eigenvalue weighted by molar-refractivity contribution is 6.30. The van der Waals surface area contributed by atoms with Gasteiger partial charge in [0.05, 0.1) is 5.52 Å². The first-order valence-corrected chi connectivity index (χ1v) is 5.66. The van der Waals surface area contributed by atoms with Crippen LogP contribution < -0.4 is 5.73 Å². The average molecular weight is 235 g/mol. The first-order chi connectivity index (χ1) is 7.46. The molecular weight excluding hydrogens is 220 g/mol. The molecule has 1 aromatic heterocycles. The van der Waals surface area contributed by atoms with Gasteiger partial charge in [-0.15, -0.1) is 0 Å². The van der Waals surface area contributed by atoms with E-state index < -0.39 is 0 Å². The summed E-state index contributed by atoms with van der Waals surface area (Å²) in [5.74, 6) is 0.